The normalized spacial score (nSPS) is 17.0. The van der Waals surface area contributed by atoms with Gasteiger partial charge in [-0.25, -0.2) is 0 Å². The van der Waals surface area contributed by atoms with Crippen molar-refractivity contribution in [2.75, 3.05) is 11.4 Å². The zero-order chi connectivity index (χ0) is 15.0. The molecule has 1 aromatic heterocycles. The molecule has 7 heteroatoms. The van der Waals surface area contributed by atoms with Crippen LogP contribution in [0.1, 0.15) is 10.6 Å². The second-order valence-corrected chi connectivity index (χ2v) is 5.28. The number of furan rings is 1. The van der Waals surface area contributed by atoms with Gasteiger partial charge in [-0.1, -0.05) is 12.1 Å². The molecule has 6 nitrogen and oxygen atoms in total. The summed E-state index contributed by atoms with van der Waals surface area (Å²) in [6, 6.07) is 10.2. The van der Waals surface area contributed by atoms with Gasteiger partial charge in [-0.05, 0) is 40.2 Å². The minimum absolute atomic E-state index is 0.0451. The maximum atomic E-state index is 12.5. The summed E-state index contributed by atoms with van der Waals surface area (Å²) in [4.78, 5) is 25.4. The number of hydrogen-bond donors (Lipinski definition) is 1. The van der Waals surface area contributed by atoms with E-state index in [2.05, 4.69) is 15.9 Å². The van der Waals surface area contributed by atoms with Gasteiger partial charge in [-0.3, -0.25) is 14.5 Å². The number of carbonyl (C=O) groups is 2. The molecule has 3 rings (SSSR count). The Morgan fingerprint density at radius 1 is 1.24 bits per heavy atom. The van der Waals surface area contributed by atoms with E-state index in [1.807, 2.05) is 0 Å². The number of anilines is 1. The van der Waals surface area contributed by atoms with Gasteiger partial charge < -0.3 is 14.9 Å². The number of hydrogen-bond acceptors (Lipinski definition) is 4. The quantitative estimate of drug-likeness (QED) is 0.896. The molecule has 0 fully saturated rings. The van der Waals surface area contributed by atoms with Crippen LogP contribution in [0, 0.1) is 0 Å². The van der Waals surface area contributed by atoms with Crippen LogP contribution < -0.4 is 15.4 Å². The van der Waals surface area contributed by atoms with Gasteiger partial charge in [-0.2, -0.15) is 0 Å². The van der Waals surface area contributed by atoms with Crippen LogP contribution in [0.2, 0.25) is 0 Å². The second kappa shape index (κ2) is 5.25. The first-order chi connectivity index (χ1) is 10.1. The van der Waals surface area contributed by atoms with Crippen LogP contribution in [-0.4, -0.2) is 24.5 Å². The lowest BCUT2D eigenvalue weighted by Crippen LogP contribution is -2.49. The second-order valence-electron chi connectivity index (χ2n) is 4.50. The SMILES string of the molecule is NC(=O)[C@@H]1CN(C(=O)c2ccc(Br)o2)c2ccccc2O1. The molecule has 2 amide bonds. The number of halogens is 1. The predicted octanol–water partition coefficient (Wildman–Crippen LogP) is 1.94. The summed E-state index contributed by atoms with van der Waals surface area (Å²) in [6.07, 6.45) is -0.887. The highest BCUT2D eigenvalue weighted by Crippen LogP contribution is 2.34. The van der Waals surface area contributed by atoms with E-state index in [9.17, 15) is 9.59 Å². The summed E-state index contributed by atoms with van der Waals surface area (Å²) in [5, 5.41) is 0. The Morgan fingerprint density at radius 3 is 2.67 bits per heavy atom. The van der Waals surface area contributed by atoms with Crippen LogP contribution in [0.3, 0.4) is 0 Å². The van der Waals surface area contributed by atoms with Crippen LogP contribution >= 0.6 is 15.9 Å². The molecule has 2 aromatic rings. The van der Waals surface area contributed by atoms with E-state index in [0.29, 0.717) is 16.1 Å². The summed E-state index contributed by atoms with van der Waals surface area (Å²) >= 11 is 3.16. The Morgan fingerprint density at radius 2 is 2.00 bits per heavy atom. The van der Waals surface area contributed by atoms with Crippen molar-refractivity contribution in [3.63, 3.8) is 0 Å². The fourth-order valence-corrected chi connectivity index (χ4v) is 2.44. The van der Waals surface area contributed by atoms with Gasteiger partial charge in [0.25, 0.3) is 11.8 Å². The number of primary amides is 1. The molecule has 21 heavy (non-hydrogen) atoms. The zero-order valence-corrected chi connectivity index (χ0v) is 12.4. The maximum absolute atomic E-state index is 12.5. The third kappa shape index (κ3) is 2.52. The number of ether oxygens (including phenoxy) is 1. The molecule has 0 aliphatic carbocycles. The van der Waals surface area contributed by atoms with E-state index in [1.165, 1.54) is 4.90 Å². The number of para-hydroxylation sites is 2. The lowest BCUT2D eigenvalue weighted by Gasteiger charge is -2.32. The Hall–Kier alpha value is -2.28. The van der Waals surface area contributed by atoms with Crippen molar-refractivity contribution in [1.29, 1.82) is 0 Å². The molecule has 0 saturated heterocycles. The van der Waals surface area contributed by atoms with Gasteiger partial charge in [0.1, 0.15) is 5.75 Å². The smallest absolute Gasteiger partial charge is 0.294 e. The van der Waals surface area contributed by atoms with E-state index >= 15 is 0 Å². The fourth-order valence-electron chi connectivity index (χ4n) is 2.14. The molecule has 0 radical (unpaired) electrons. The summed E-state index contributed by atoms with van der Waals surface area (Å²) in [5.41, 5.74) is 5.87. The summed E-state index contributed by atoms with van der Waals surface area (Å²) in [6.45, 7) is 0.0451. The number of nitrogens with two attached hydrogens (primary N) is 1. The van der Waals surface area contributed by atoms with Gasteiger partial charge >= 0.3 is 0 Å². The predicted molar refractivity (Wildman–Crippen MR) is 78.1 cm³/mol. The topological polar surface area (TPSA) is 85.8 Å². The van der Waals surface area contributed by atoms with Crippen LogP contribution in [0.15, 0.2) is 45.5 Å². The van der Waals surface area contributed by atoms with Gasteiger partial charge in [0, 0.05) is 0 Å². The van der Waals surface area contributed by atoms with Gasteiger partial charge in [-0.15, -0.1) is 0 Å². The maximum Gasteiger partial charge on any atom is 0.294 e. The van der Waals surface area contributed by atoms with E-state index in [4.69, 9.17) is 14.9 Å². The Balaban J connectivity index is 2.00. The molecule has 108 valence electrons. The lowest BCUT2D eigenvalue weighted by atomic mass is 10.1. The molecular formula is C14H11BrN2O4. The molecule has 0 spiro atoms. The standard InChI is InChI=1S/C14H11BrN2O4/c15-12-6-5-10(21-12)14(19)17-7-11(13(16)18)20-9-4-2-1-3-8(9)17/h1-6,11H,7H2,(H2,16,18)/t11-/m0/s1. The number of carbonyl (C=O) groups excluding carboxylic acids is 2. The molecule has 0 unspecified atom stereocenters. The number of benzene rings is 1. The fraction of sp³-hybridized carbons (Fsp3) is 0.143. The van der Waals surface area contributed by atoms with E-state index in [1.54, 1.807) is 36.4 Å². The van der Waals surface area contributed by atoms with Crippen molar-refractivity contribution < 1.29 is 18.7 Å². The Kier molecular flexibility index (Phi) is 3.42. The Bertz CT molecular complexity index is 713. The number of amides is 2. The third-order valence-corrected chi connectivity index (χ3v) is 3.55. The van der Waals surface area contributed by atoms with Crippen LogP contribution in [-0.2, 0) is 4.79 Å². The Labute approximate surface area is 128 Å². The first kappa shape index (κ1) is 13.7. The van der Waals surface area contributed by atoms with Crippen molar-refractivity contribution in [2.45, 2.75) is 6.10 Å². The largest absolute Gasteiger partial charge is 0.477 e. The van der Waals surface area contributed by atoms with Crippen molar-refractivity contribution >= 4 is 33.4 Å². The van der Waals surface area contributed by atoms with E-state index in [0.717, 1.165) is 0 Å². The molecule has 1 aliphatic rings. The molecule has 0 bridgehead atoms. The van der Waals surface area contributed by atoms with Crippen LogP contribution in [0.4, 0.5) is 5.69 Å². The number of rotatable bonds is 2. The van der Waals surface area contributed by atoms with Crippen molar-refractivity contribution in [3.05, 3.63) is 46.8 Å². The third-order valence-electron chi connectivity index (χ3n) is 3.12. The average molecular weight is 351 g/mol. The minimum Gasteiger partial charge on any atom is -0.477 e. The first-order valence-electron chi connectivity index (χ1n) is 6.18. The zero-order valence-electron chi connectivity index (χ0n) is 10.8. The van der Waals surface area contributed by atoms with Crippen molar-refractivity contribution in [3.8, 4) is 5.75 Å². The molecule has 1 aliphatic heterocycles. The summed E-state index contributed by atoms with van der Waals surface area (Å²) in [5.74, 6) is -0.376. The lowest BCUT2D eigenvalue weighted by molar-refractivity contribution is -0.124. The van der Waals surface area contributed by atoms with Crippen LogP contribution in [0.25, 0.3) is 0 Å². The average Bonchev–Trinajstić information content (AvgIpc) is 2.92. The molecule has 2 heterocycles. The molecule has 1 aromatic carbocycles. The number of fused-ring (bicyclic) bond motifs is 1. The summed E-state index contributed by atoms with van der Waals surface area (Å²) < 4.78 is 11.2. The molecule has 0 saturated carbocycles. The highest BCUT2D eigenvalue weighted by atomic mass is 79.9. The summed E-state index contributed by atoms with van der Waals surface area (Å²) in [7, 11) is 0. The highest BCUT2D eigenvalue weighted by Gasteiger charge is 2.34. The molecule has 2 N–H and O–H groups in total. The minimum atomic E-state index is -0.887. The highest BCUT2D eigenvalue weighted by molar-refractivity contribution is 9.10. The van der Waals surface area contributed by atoms with Gasteiger partial charge in [0.2, 0.25) is 0 Å². The van der Waals surface area contributed by atoms with Gasteiger partial charge in [0.05, 0.1) is 12.2 Å². The van der Waals surface area contributed by atoms with E-state index in [-0.39, 0.29) is 18.2 Å². The van der Waals surface area contributed by atoms with E-state index < -0.39 is 12.0 Å². The first-order valence-corrected chi connectivity index (χ1v) is 6.98. The molecule has 1 atom stereocenters. The monoisotopic (exact) mass is 350 g/mol. The van der Waals surface area contributed by atoms with Crippen molar-refractivity contribution in [2.24, 2.45) is 5.73 Å². The van der Waals surface area contributed by atoms with Crippen molar-refractivity contribution in [1.82, 2.24) is 0 Å². The molecular weight excluding hydrogens is 340 g/mol. The van der Waals surface area contributed by atoms with Gasteiger partial charge in [0.15, 0.2) is 16.5 Å². The van der Waals surface area contributed by atoms with Crippen LogP contribution in [0.5, 0.6) is 5.75 Å². The number of nitrogens with zero attached hydrogens (tertiary/aromatic N) is 1.